The highest BCUT2D eigenvalue weighted by molar-refractivity contribution is 14.1. The smallest absolute Gasteiger partial charge is 0.0409 e. The minimum absolute atomic E-state index is 0. The lowest BCUT2D eigenvalue weighted by Gasteiger charge is -2.01. The molecule has 1 nitrogen and oxygen atoms in total. The van der Waals surface area contributed by atoms with Crippen molar-refractivity contribution < 1.29 is 0 Å². The van der Waals surface area contributed by atoms with E-state index in [2.05, 4.69) is 22.6 Å². The monoisotopic (exact) mass is 317 g/mol. The van der Waals surface area contributed by atoms with Gasteiger partial charge in [0.1, 0.15) is 0 Å². The number of hydrogen-bond donors (Lipinski definition) is 1. The molecule has 4 heteroatoms. The van der Waals surface area contributed by atoms with Crippen LogP contribution in [0.3, 0.4) is 0 Å². The van der Waals surface area contributed by atoms with Crippen LogP contribution in [-0.2, 0) is 6.42 Å². The Kier molecular flexibility index (Phi) is 6.27. The van der Waals surface area contributed by atoms with Crippen molar-refractivity contribution in [2.45, 2.75) is 6.42 Å². The highest BCUT2D eigenvalue weighted by Crippen LogP contribution is 2.17. The summed E-state index contributed by atoms with van der Waals surface area (Å²) in [6.07, 6.45) is 0.902. The predicted molar refractivity (Wildman–Crippen MR) is 64.2 cm³/mol. The Morgan fingerprint density at radius 3 is 2.67 bits per heavy atom. The van der Waals surface area contributed by atoms with Crippen molar-refractivity contribution in [3.05, 3.63) is 32.4 Å². The molecule has 1 aromatic carbocycles. The molecule has 0 saturated heterocycles. The van der Waals surface area contributed by atoms with Gasteiger partial charge in [-0.05, 0) is 59.3 Å². The van der Waals surface area contributed by atoms with E-state index >= 15 is 0 Å². The van der Waals surface area contributed by atoms with E-state index in [4.69, 9.17) is 17.3 Å². The fourth-order valence-corrected chi connectivity index (χ4v) is 1.69. The Morgan fingerprint density at radius 1 is 1.42 bits per heavy atom. The van der Waals surface area contributed by atoms with Gasteiger partial charge in [-0.3, -0.25) is 0 Å². The van der Waals surface area contributed by atoms with Crippen molar-refractivity contribution in [2.24, 2.45) is 5.73 Å². The average Bonchev–Trinajstić information content (AvgIpc) is 1.98. The molecule has 68 valence electrons. The Morgan fingerprint density at radius 2 is 2.08 bits per heavy atom. The van der Waals surface area contributed by atoms with E-state index < -0.39 is 0 Å². The van der Waals surface area contributed by atoms with Crippen LogP contribution < -0.4 is 5.73 Å². The summed E-state index contributed by atoms with van der Waals surface area (Å²) in [4.78, 5) is 0. The summed E-state index contributed by atoms with van der Waals surface area (Å²) in [5, 5.41) is 0.786. The summed E-state index contributed by atoms with van der Waals surface area (Å²) in [6, 6.07) is 5.87. The highest BCUT2D eigenvalue weighted by atomic mass is 127. The van der Waals surface area contributed by atoms with Crippen molar-refractivity contribution in [3.8, 4) is 0 Å². The average molecular weight is 318 g/mol. The second-order valence-corrected chi connectivity index (χ2v) is 3.87. The zero-order chi connectivity index (χ0) is 8.27. The van der Waals surface area contributed by atoms with Gasteiger partial charge >= 0.3 is 0 Å². The molecule has 0 fully saturated rings. The van der Waals surface area contributed by atoms with E-state index in [1.807, 2.05) is 18.2 Å². The quantitative estimate of drug-likeness (QED) is 0.834. The molecule has 0 aromatic heterocycles. The molecule has 0 atom stereocenters. The first-order chi connectivity index (χ1) is 5.24. The molecule has 2 N–H and O–H groups in total. The maximum Gasteiger partial charge on any atom is 0.0409 e. The molecule has 0 aliphatic heterocycles. The Bertz CT molecular complexity index is 253. The van der Waals surface area contributed by atoms with Crippen LogP contribution in [0.5, 0.6) is 0 Å². The molecule has 12 heavy (non-hydrogen) atoms. The van der Waals surface area contributed by atoms with Crippen molar-refractivity contribution in [1.82, 2.24) is 0 Å². The van der Waals surface area contributed by atoms with Gasteiger partial charge < -0.3 is 5.73 Å². The minimum Gasteiger partial charge on any atom is -0.330 e. The molecule has 0 heterocycles. The van der Waals surface area contributed by atoms with E-state index in [-0.39, 0.29) is 12.4 Å². The standard InChI is InChI=1S/C8H9ClIN.ClH/c9-7-1-2-8(10)6(5-7)3-4-11;/h1-2,5H,3-4,11H2;1H. The van der Waals surface area contributed by atoms with Gasteiger partial charge in [0.2, 0.25) is 0 Å². The Labute approximate surface area is 97.2 Å². The topological polar surface area (TPSA) is 26.0 Å². The third-order valence-electron chi connectivity index (χ3n) is 1.42. The van der Waals surface area contributed by atoms with E-state index in [0.29, 0.717) is 6.54 Å². The molecule has 0 aliphatic rings. The Hall–Kier alpha value is 0.490. The van der Waals surface area contributed by atoms with Crippen LogP contribution in [0.25, 0.3) is 0 Å². The minimum atomic E-state index is 0. The van der Waals surface area contributed by atoms with Crippen molar-refractivity contribution in [2.75, 3.05) is 6.54 Å². The van der Waals surface area contributed by atoms with E-state index in [9.17, 15) is 0 Å². The van der Waals surface area contributed by atoms with Crippen molar-refractivity contribution in [1.29, 1.82) is 0 Å². The molecule has 0 unspecified atom stereocenters. The molecule has 0 saturated carbocycles. The predicted octanol–water partition coefficient (Wildman–Crippen LogP) is 2.87. The summed E-state index contributed by atoms with van der Waals surface area (Å²) in [5.41, 5.74) is 6.67. The van der Waals surface area contributed by atoms with E-state index in [1.165, 1.54) is 9.13 Å². The molecular weight excluding hydrogens is 308 g/mol. The third-order valence-corrected chi connectivity index (χ3v) is 2.71. The van der Waals surface area contributed by atoms with Crippen LogP contribution >= 0.6 is 46.6 Å². The van der Waals surface area contributed by atoms with Gasteiger partial charge in [0.15, 0.2) is 0 Å². The first kappa shape index (κ1) is 12.5. The lowest BCUT2D eigenvalue weighted by molar-refractivity contribution is 0.963. The molecule has 0 bridgehead atoms. The fraction of sp³-hybridized carbons (Fsp3) is 0.250. The lowest BCUT2D eigenvalue weighted by atomic mass is 10.2. The number of hydrogen-bond acceptors (Lipinski definition) is 1. The number of benzene rings is 1. The third kappa shape index (κ3) is 3.47. The normalized spacial score (nSPS) is 9.25. The van der Waals surface area contributed by atoms with Gasteiger partial charge in [-0.25, -0.2) is 0 Å². The van der Waals surface area contributed by atoms with E-state index in [1.54, 1.807) is 0 Å². The summed E-state index contributed by atoms with van der Waals surface area (Å²) in [6.45, 7) is 0.677. The summed E-state index contributed by atoms with van der Waals surface area (Å²) in [5.74, 6) is 0. The van der Waals surface area contributed by atoms with Crippen LogP contribution in [-0.4, -0.2) is 6.54 Å². The molecule has 0 aliphatic carbocycles. The van der Waals surface area contributed by atoms with E-state index in [0.717, 1.165) is 11.4 Å². The molecule has 0 amide bonds. The molecule has 1 rings (SSSR count). The van der Waals surface area contributed by atoms with Crippen LogP contribution in [0.4, 0.5) is 0 Å². The fourth-order valence-electron chi connectivity index (χ4n) is 0.890. The lowest BCUT2D eigenvalue weighted by Crippen LogP contribution is -2.03. The first-order valence-electron chi connectivity index (χ1n) is 3.38. The highest BCUT2D eigenvalue weighted by Gasteiger charge is 1.98. The molecule has 0 radical (unpaired) electrons. The number of nitrogens with two attached hydrogens (primary N) is 1. The molecular formula is C8H10Cl2IN. The second kappa shape index (κ2) is 6.02. The van der Waals surface area contributed by atoms with Crippen LogP contribution in [0.15, 0.2) is 18.2 Å². The van der Waals surface area contributed by atoms with Crippen LogP contribution in [0.2, 0.25) is 5.02 Å². The van der Waals surface area contributed by atoms with Crippen LogP contribution in [0, 0.1) is 3.57 Å². The van der Waals surface area contributed by atoms with Gasteiger partial charge in [-0.15, -0.1) is 12.4 Å². The summed E-state index contributed by atoms with van der Waals surface area (Å²) < 4.78 is 1.23. The maximum absolute atomic E-state index is 5.81. The zero-order valence-electron chi connectivity index (χ0n) is 6.39. The summed E-state index contributed by atoms with van der Waals surface area (Å²) in [7, 11) is 0. The SMILES string of the molecule is Cl.NCCc1cc(Cl)ccc1I. The van der Waals surface area contributed by atoms with Crippen LogP contribution in [0.1, 0.15) is 5.56 Å². The second-order valence-electron chi connectivity index (χ2n) is 2.27. The van der Waals surface area contributed by atoms with Gasteiger partial charge in [0.25, 0.3) is 0 Å². The molecule has 0 spiro atoms. The van der Waals surface area contributed by atoms with Gasteiger partial charge in [0.05, 0.1) is 0 Å². The number of halogens is 3. The van der Waals surface area contributed by atoms with Gasteiger partial charge in [0, 0.05) is 8.59 Å². The zero-order valence-corrected chi connectivity index (χ0v) is 10.1. The Balaban J connectivity index is 0.00000121. The van der Waals surface area contributed by atoms with Gasteiger partial charge in [-0.1, -0.05) is 11.6 Å². The number of rotatable bonds is 2. The summed E-state index contributed by atoms with van der Waals surface area (Å²) >= 11 is 8.09. The molecule has 1 aromatic rings. The van der Waals surface area contributed by atoms with Gasteiger partial charge in [-0.2, -0.15) is 0 Å². The maximum atomic E-state index is 5.81. The van der Waals surface area contributed by atoms with Crippen molar-refractivity contribution in [3.63, 3.8) is 0 Å². The first-order valence-corrected chi connectivity index (χ1v) is 4.83. The largest absolute Gasteiger partial charge is 0.330 e. The van der Waals surface area contributed by atoms with Crippen molar-refractivity contribution >= 4 is 46.6 Å².